The minimum absolute atomic E-state index is 0.0120. The molecule has 0 aliphatic carbocycles. The van der Waals surface area contributed by atoms with Gasteiger partial charge in [0.15, 0.2) is 0 Å². The summed E-state index contributed by atoms with van der Waals surface area (Å²) in [6.45, 7) is 1.87. The van der Waals surface area contributed by atoms with E-state index in [1.165, 1.54) is 12.1 Å². The summed E-state index contributed by atoms with van der Waals surface area (Å²) >= 11 is 3.21. The number of halogens is 2. The zero-order chi connectivity index (χ0) is 9.84. The fourth-order valence-corrected chi connectivity index (χ4v) is 1.42. The van der Waals surface area contributed by atoms with Crippen LogP contribution in [0.5, 0.6) is 0 Å². The minimum Gasteiger partial charge on any atom is -0.325 e. The lowest BCUT2D eigenvalue weighted by atomic mass is 10.2. The summed E-state index contributed by atoms with van der Waals surface area (Å²) in [5.74, 6) is -0.251. The van der Waals surface area contributed by atoms with Gasteiger partial charge in [0.2, 0.25) is 0 Å². The van der Waals surface area contributed by atoms with E-state index in [1.807, 2.05) is 19.1 Å². The Hall–Kier alpha value is -0.670. The van der Waals surface area contributed by atoms with Crippen LogP contribution in [0.3, 0.4) is 0 Å². The van der Waals surface area contributed by atoms with Gasteiger partial charge in [-0.15, -0.1) is 0 Å². The minimum atomic E-state index is -0.251. The van der Waals surface area contributed by atoms with Gasteiger partial charge in [0.05, 0.1) is 0 Å². The molecule has 70 valence electrons. The van der Waals surface area contributed by atoms with Crippen molar-refractivity contribution in [2.24, 2.45) is 5.73 Å². The van der Waals surface area contributed by atoms with Crippen molar-refractivity contribution in [3.05, 3.63) is 40.1 Å². The van der Waals surface area contributed by atoms with E-state index in [0.29, 0.717) is 0 Å². The van der Waals surface area contributed by atoms with E-state index in [1.54, 1.807) is 6.08 Å². The zero-order valence-corrected chi connectivity index (χ0v) is 8.88. The van der Waals surface area contributed by atoms with Crippen LogP contribution in [0.2, 0.25) is 0 Å². The number of rotatable bonds is 2. The van der Waals surface area contributed by atoms with Crippen molar-refractivity contribution >= 4 is 22.0 Å². The predicted octanol–water partition coefficient (Wildman–Crippen LogP) is 2.95. The lowest BCUT2D eigenvalue weighted by Crippen LogP contribution is -2.09. The van der Waals surface area contributed by atoms with Crippen molar-refractivity contribution in [3.8, 4) is 0 Å². The van der Waals surface area contributed by atoms with Gasteiger partial charge in [0.1, 0.15) is 5.82 Å². The molecule has 0 saturated carbocycles. The summed E-state index contributed by atoms with van der Waals surface area (Å²) in [6, 6.07) is 4.71. The summed E-state index contributed by atoms with van der Waals surface area (Å²) in [5.41, 5.74) is 6.33. The molecule has 1 aromatic carbocycles. The summed E-state index contributed by atoms with van der Waals surface area (Å²) in [4.78, 5) is 0. The molecular formula is C10H11BrFN. The van der Waals surface area contributed by atoms with Crippen molar-refractivity contribution in [3.63, 3.8) is 0 Å². The molecular weight excluding hydrogens is 233 g/mol. The van der Waals surface area contributed by atoms with Gasteiger partial charge in [-0.3, -0.25) is 0 Å². The van der Waals surface area contributed by atoms with Crippen LogP contribution in [0.1, 0.15) is 12.5 Å². The maximum absolute atomic E-state index is 12.9. The first-order valence-electron chi connectivity index (χ1n) is 3.98. The highest BCUT2D eigenvalue weighted by Crippen LogP contribution is 2.15. The summed E-state index contributed by atoms with van der Waals surface area (Å²) in [7, 11) is 0. The molecule has 1 nitrogen and oxygen atoms in total. The molecule has 0 fully saturated rings. The van der Waals surface area contributed by atoms with Crippen LogP contribution in [0.4, 0.5) is 4.39 Å². The summed E-state index contributed by atoms with van der Waals surface area (Å²) < 4.78 is 13.6. The first-order chi connectivity index (χ1) is 6.08. The van der Waals surface area contributed by atoms with E-state index < -0.39 is 0 Å². The van der Waals surface area contributed by atoms with Crippen molar-refractivity contribution in [2.45, 2.75) is 13.0 Å². The first kappa shape index (κ1) is 10.4. The van der Waals surface area contributed by atoms with Crippen LogP contribution in [0.25, 0.3) is 6.08 Å². The van der Waals surface area contributed by atoms with Gasteiger partial charge in [0, 0.05) is 10.5 Å². The number of hydrogen-bond acceptors (Lipinski definition) is 1. The Bertz CT molecular complexity index is 300. The van der Waals surface area contributed by atoms with E-state index in [0.717, 1.165) is 10.0 Å². The second-order valence-corrected chi connectivity index (χ2v) is 3.84. The Kier molecular flexibility index (Phi) is 3.63. The van der Waals surface area contributed by atoms with E-state index >= 15 is 0 Å². The molecule has 1 unspecified atom stereocenters. The average molecular weight is 244 g/mol. The molecule has 1 atom stereocenters. The smallest absolute Gasteiger partial charge is 0.124 e. The van der Waals surface area contributed by atoms with E-state index in [-0.39, 0.29) is 11.9 Å². The third-order valence-electron chi connectivity index (χ3n) is 1.48. The van der Waals surface area contributed by atoms with E-state index in [4.69, 9.17) is 5.73 Å². The lowest BCUT2D eigenvalue weighted by Gasteiger charge is -1.98. The lowest BCUT2D eigenvalue weighted by molar-refractivity contribution is 0.626. The molecule has 2 N–H and O–H groups in total. The topological polar surface area (TPSA) is 26.0 Å². The number of benzene rings is 1. The van der Waals surface area contributed by atoms with Gasteiger partial charge in [-0.05, 0) is 30.7 Å². The fraction of sp³-hybridized carbons (Fsp3) is 0.200. The van der Waals surface area contributed by atoms with Crippen molar-refractivity contribution < 1.29 is 4.39 Å². The number of hydrogen-bond donors (Lipinski definition) is 1. The SMILES string of the molecule is CC(N)/C=C/c1cc(F)cc(Br)c1. The second kappa shape index (κ2) is 4.53. The molecule has 13 heavy (non-hydrogen) atoms. The van der Waals surface area contributed by atoms with Gasteiger partial charge in [0.25, 0.3) is 0 Å². The maximum atomic E-state index is 12.9. The molecule has 1 rings (SSSR count). The zero-order valence-electron chi connectivity index (χ0n) is 7.30. The van der Waals surface area contributed by atoms with Crippen LogP contribution in [0, 0.1) is 5.82 Å². The van der Waals surface area contributed by atoms with Crippen LogP contribution in [-0.2, 0) is 0 Å². The Labute approximate surface area is 85.6 Å². The van der Waals surface area contributed by atoms with E-state index in [9.17, 15) is 4.39 Å². The van der Waals surface area contributed by atoms with Crippen LogP contribution >= 0.6 is 15.9 Å². The molecule has 0 aromatic heterocycles. The van der Waals surface area contributed by atoms with Gasteiger partial charge in [-0.1, -0.05) is 28.1 Å². The van der Waals surface area contributed by atoms with Crippen LogP contribution < -0.4 is 5.73 Å². The van der Waals surface area contributed by atoms with Gasteiger partial charge in [-0.25, -0.2) is 4.39 Å². The van der Waals surface area contributed by atoms with Gasteiger partial charge >= 0.3 is 0 Å². The molecule has 0 aliphatic heterocycles. The van der Waals surface area contributed by atoms with Crippen LogP contribution in [0.15, 0.2) is 28.7 Å². The standard InChI is InChI=1S/C10H11BrFN/c1-7(13)2-3-8-4-9(11)6-10(12)5-8/h2-7H,13H2,1H3/b3-2+. The van der Waals surface area contributed by atoms with E-state index in [2.05, 4.69) is 15.9 Å². The quantitative estimate of drug-likeness (QED) is 0.850. The molecule has 0 heterocycles. The third kappa shape index (κ3) is 3.70. The second-order valence-electron chi connectivity index (χ2n) is 2.92. The molecule has 0 amide bonds. The molecule has 0 bridgehead atoms. The Balaban J connectivity index is 2.89. The third-order valence-corrected chi connectivity index (χ3v) is 1.93. The van der Waals surface area contributed by atoms with Crippen molar-refractivity contribution in [1.82, 2.24) is 0 Å². The van der Waals surface area contributed by atoms with Crippen molar-refractivity contribution in [2.75, 3.05) is 0 Å². The monoisotopic (exact) mass is 243 g/mol. The predicted molar refractivity (Wildman–Crippen MR) is 56.8 cm³/mol. The fourth-order valence-electron chi connectivity index (χ4n) is 0.934. The highest BCUT2D eigenvalue weighted by atomic mass is 79.9. The Morgan fingerprint density at radius 2 is 2.15 bits per heavy atom. The Morgan fingerprint density at radius 3 is 2.69 bits per heavy atom. The average Bonchev–Trinajstić information content (AvgIpc) is 1.99. The van der Waals surface area contributed by atoms with Crippen molar-refractivity contribution in [1.29, 1.82) is 0 Å². The molecule has 0 spiro atoms. The molecule has 0 saturated heterocycles. The normalized spacial score (nSPS) is 13.5. The maximum Gasteiger partial charge on any atom is 0.124 e. The highest BCUT2D eigenvalue weighted by Gasteiger charge is 1.95. The highest BCUT2D eigenvalue weighted by molar-refractivity contribution is 9.10. The summed E-state index contributed by atoms with van der Waals surface area (Å²) in [6.07, 6.45) is 3.62. The number of nitrogens with two attached hydrogens (primary N) is 1. The molecule has 1 aromatic rings. The largest absolute Gasteiger partial charge is 0.325 e. The Morgan fingerprint density at radius 1 is 1.46 bits per heavy atom. The van der Waals surface area contributed by atoms with Crippen LogP contribution in [-0.4, -0.2) is 6.04 Å². The van der Waals surface area contributed by atoms with Gasteiger partial charge < -0.3 is 5.73 Å². The molecule has 0 aliphatic rings. The molecule has 3 heteroatoms. The van der Waals surface area contributed by atoms with Gasteiger partial charge in [-0.2, -0.15) is 0 Å². The molecule has 0 radical (unpaired) electrons. The summed E-state index contributed by atoms with van der Waals surface area (Å²) in [5, 5.41) is 0. The first-order valence-corrected chi connectivity index (χ1v) is 4.77.